The van der Waals surface area contributed by atoms with E-state index in [9.17, 15) is 33.6 Å². The molecule has 2 atom stereocenters. The van der Waals surface area contributed by atoms with Crippen LogP contribution in [0.15, 0.2) is 67.3 Å². The Labute approximate surface area is 507 Å². The number of aromatic nitrogens is 6. The van der Waals surface area contributed by atoms with E-state index in [1.54, 1.807) is 83.0 Å². The van der Waals surface area contributed by atoms with E-state index in [2.05, 4.69) is 78.7 Å². The predicted molar refractivity (Wildman–Crippen MR) is 327 cm³/mol. The molecule has 5 heterocycles. The molecule has 16 N–H and O–H groups in total. The standard InChI is InChI=1S/C22H24N6O4.C20H23N5O3.C19H22N6O3/c1-4-18(29)27-8-7-15(12-27)28-20(23)19(21(24)30)17(26-28)6-5-13-9-14(22(31)25-2)11-16(10-13)32-3;1-23-20(27)13-9-12(10-15(11-13)28-2)7-8-16-17(19(22)26)18(21)25(24-16)14-5-3-4-6-14;1-22-19(27)12-7-11(8-14(9-12)28-2)3-4-15-16(18(21)26)17(20)25(24-15)13-5-6-23-10-13/h4,9-11,15H,1,7-8,12,23H2,2-3H3,(H2,24,30)(H,25,31);9-11,14H,3-6,21H2,1-2H3,(H2,22,26)(H,23,27);7-9,13,23H,5-6,10,20H2,1-2H3,(H2,21,26)(H,22,27)/t15-;;13-/m0.0/s1. The number of hydrogen-bond donors (Lipinski definition) is 10. The van der Waals surface area contributed by atoms with Crippen molar-refractivity contribution in [3.05, 3.63) is 134 Å². The molecule has 2 aliphatic heterocycles. The Bertz CT molecular complexity index is 3750. The second-order valence-corrected chi connectivity index (χ2v) is 20.1. The van der Waals surface area contributed by atoms with Gasteiger partial charge < -0.3 is 74.8 Å². The topological polar surface area (TPSA) is 408 Å². The number of carbonyl (C=O) groups is 7. The average molecular weight is 1200 g/mol. The molecule has 6 aromatic rings. The minimum absolute atomic E-state index is 0.0143. The molecule has 0 spiro atoms. The van der Waals surface area contributed by atoms with Gasteiger partial charge in [-0.3, -0.25) is 33.6 Å². The van der Waals surface area contributed by atoms with Crippen LogP contribution in [0.5, 0.6) is 17.2 Å². The lowest BCUT2D eigenvalue weighted by atomic mass is 10.1. The quantitative estimate of drug-likeness (QED) is 0.0580. The van der Waals surface area contributed by atoms with E-state index >= 15 is 0 Å². The number of ether oxygens (including phenoxy) is 3. The zero-order valence-electron chi connectivity index (χ0n) is 49.5. The van der Waals surface area contributed by atoms with Gasteiger partial charge in [0, 0.05) is 74.2 Å². The summed E-state index contributed by atoms with van der Waals surface area (Å²) in [6.45, 7) is 5.96. The molecule has 3 aliphatic rings. The number of nitrogens with zero attached hydrogens (tertiary/aromatic N) is 7. The van der Waals surface area contributed by atoms with Gasteiger partial charge in [-0.2, -0.15) is 15.3 Å². The maximum atomic E-state index is 12.1. The van der Waals surface area contributed by atoms with E-state index in [1.165, 1.54) is 39.1 Å². The lowest BCUT2D eigenvalue weighted by Crippen LogP contribution is -2.27. The molecule has 7 amide bonds. The molecule has 9 rings (SSSR count). The van der Waals surface area contributed by atoms with Gasteiger partial charge in [0.25, 0.3) is 35.4 Å². The number of amides is 7. The molecule has 0 bridgehead atoms. The summed E-state index contributed by atoms with van der Waals surface area (Å²) in [6.07, 6.45) is 6.84. The summed E-state index contributed by atoms with van der Waals surface area (Å²) in [6, 6.07) is 14.7. The second-order valence-electron chi connectivity index (χ2n) is 20.1. The number of nitrogens with one attached hydrogen (secondary N) is 4. The normalized spacial score (nSPS) is 14.7. The van der Waals surface area contributed by atoms with Gasteiger partial charge in [0.05, 0.1) is 39.5 Å². The summed E-state index contributed by atoms with van der Waals surface area (Å²) >= 11 is 0. The van der Waals surface area contributed by atoms with Crippen LogP contribution in [-0.4, -0.2) is 144 Å². The summed E-state index contributed by atoms with van der Waals surface area (Å²) in [5.74, 6) is 16.2. The molecule has 27 heteroatoms. The van der Waals surface area contributed by atoms with Crippen molar-refractivity contribution in [1.82, 2.24) is 55.5 Å². The van der Waals surface area contributed by atoms with Crippen molar-refractivity contribution in [2.75, 3.05) is 85.9 Å². The monoisotopic (exact) mass is 1200 g/mol. The van der Waals surface area contributed by atoms with Gasteiger partial charge in [-0.25, -0.2) is 14.0 Å². The highest BCUT2D eigenvalue weighted by atomic mass is 16.5. The molecular weight excluding hydrogens is 1130 g/mol. The second kappa shape index (κ2) is 29.0. The molecular formula is C61H69N17O10. The Kier molecular flexibility index (Phi) is 21.2. The predicted octanol–water partition coefficient (Wildman–Crippen LogP) is 1.61. The molecule has 88 heavy (non-hydrogen) atoms. The molecule has 1 saturated carbocycles. The Morgan fingerprint density at radius 3 is 1.22 bits per heavy atom. The SMILES string of the molecule is C=CC(=O)N1CC[C@H](n2nc(C#Cc3cc(OC)cc(C(=O)NC)c3)c(C(N)=O)c2N)C1.CNC(=O)c1cc(C#Cc2nn(C3CCCC3)c(N)c2C(N)=O)cc(OC)c1.CNC(=O)c1cc(C#Cc2nn([C@H]3CCNC3)c(N)c2C(N)=O)cc(OC)c1. The minimum Gasteiger partial charge on any atom is -0.497 e. The number of primary amides is 3. The average Bonchev–Trinajstić information content (AvgIpc) is 2.24. The van der Waals surface area contributed by atoms with Gasteiger partial charge >= 0.3 is 0 Å². The lowest BCUT2D eigenvalue weighted by molar-refractivity contribution is -0.125. The summed E-state index contributed by atoms with van der Waals surface area (Å²) in [5.41, 5.74) is 38.5. The molecule has 3 fully saturated rings. The van der Waals surface area contributed by atoms with Crippen molar-refractivity contribution < 1.29 is 47.8 Å². The largest absolute Gasteiger partial charge is 0.497 e. The third-order valence-corrected chi connectivity index (χ3v) is 14.5. The maximum absolute atomic E-state index is 12.1. The third kappa shape index (κ3) is 15.0. The van der Waals surface area contributed by atoms with E-state index in [0.717, 1.165) is 38.6 Å². The van der Waals surface area contributed by atoms with Crippen LogP contribution in [0.4, 0.5) is 17.5 Å². The minimum atomic E-state index is -0.758. The Morgan fingerprint density at radius 2 is 0.898 bits per heavy atom. The molecule has 3 aromatic carbocycles. The number of anilines is 3. The van der Waals surface area contributed by atoms with Crippen LogP contribution in [-0.2, 0) is 4.79 Å². The lowest BCUT2D eigenvalue weighted by Gasteiger charge is -2.15. The molecule has 0 unspecified atom stereocenters. The highest BCUT2D eigenvalue weighted by Crippen LogP contribution is 2.33. The van der Waals surface area contributed by atoms with Gasteiger partial charge in [0.2, 0.25) is 5.91 Å². The molecule has 3 aromatic heterocycles. The summed E-state index contributed by atoms with van der Waals surface area (Å²) < 4.78 is 20.4. The summed E-state index contributed by atoms with van der Waals surface area (Å²) in [5, 5.41) is 24.2. The first-order valence-electron chi connectivity index (χ1n) is 27.6. The third-order valence-electron chi connectivity index (χ3n) is 14.5. The maximum Gasteiger partial charge on any atom is 0.255 e. The molecule has 2 saturated heterocycles. The number of hydrogen-bond acceptors (Lipinski definition) is 17. The van der Waals surface area contributed by atoms with Crippen LogP contribution < -0.4 is 69.9 Å². The number of rotatable bonds is 13. The number of likely N-dealkylation sites (tertiary alicyclic amines) is 1. The van der Waals surface area contributed by atoms with Crippen LogP contribution in [0.3, 0.4) is 0 Å². The first-order chi connectivity index (χ1) is 42.2. The van der Waals surface area contributed by atoms with Crippen LogP contribution in [0.25, 0.3) is 0 Å². The van der Waals surface area contributed by atoms with Gasteiger partial charge in [-0.05, 0) is 111 Å². The first kappa shape index (κ1) is 64.3. The molecule has 27 nitrogen and oxygen atoms in total. The van der Waals surface area contributed by atoms with Gasteiger partial charge in [-0.1, -0.05) is 37.2 Å². The number of nitrogens with two attached hydrogens (primary N) is 6. The van der Waals surface area contributed by atoms with E-state index in [1.807, 2.05) is 0 Å². The van der Waals surface area contributed by atoms with Gasteiger partial charge in [0.1, 0.15) is 51.4 Å². The Morgan fingerprint density at radius 1 is 0.534 bits per heavy atom. The van der Waals surface area contributed by atoms with Crippen molar-refractivity contribution in [2.24, 2.45) is 17.2 Å². The van der Waals surface area contributed by atoms with Crippen molar-refractivity contribution in [2.45, 2.75) is 56.7 Å². The van der Waals surface area contributed by atoms with Crippen LogP contribution in [0.2, 0.25) is 0 Å². The molecule has 0 radical (unpaired) electrons. The Balaban J connectivity index is 0.000000189. The van der Waals surface area contributed by atoms with Crippen LogP contribution in [0, 0.1) is 35.5 Å². The van der Waals surface area contributed by atoms with Gasteiger partial charge in [0.15, 0.2) is 17.1 Å². The van der Waals surface area contributed by atoms with Crippen molar-refractivity contribution in [3.8, 4) is 52.8 Å². The van der Waals surface area contributed by atoms with Crippen LogP contribution in [0.1, 0.15) is 153 Å². The number of methoxy groups -OCH3 is 3. The first-order valence-corrected chi connectivity index (χ1v) is 27.6. The fraction of sp³-hybridized carbons (Fsp3) is 0.311. The van der Waals surface area contributed by atoms with E-state index in [4.69, 9.17) is 48.6 Å². The number of nitrogen functional groups attached to an aromatic ring is 3. The zero-order valence-corrected chi connectivity index (χ0v) is 49.5. The highest BCUT2D eigenvalue weighted by molar-refractivity contribution is 6.01. The molecule has 458 valence electrons. The Hall–Kier alpha value is -11.2. The van der Waals surface area contributed by atoms with E-state index in [-0.39, 0.29) is 93.0 Å². The summed E-state index contributed by atoms with van der Waals surface area (Å²) in [7, 11) is 9.10. The van der Waals surface area contributed by atoms with E-state index < -0.39 is 17.7 Å². The van der Waals surface area contributed by atoms with Crippen molar-refractivity contribution in [3.63, 3.8) is 0 Å². The fourth-order valence-corrected chi connectivity index (χ4v) is 10.0. The van der Waals surface area contributed by atoms with Gasteiger partial charge in [-0.15, -0.1) is 0 Å². The number of carbonyl (C=O) groups excluding carboxylic acids is 7. The van der Waals surface area contributed by atoms with Crippen LogP contribution >= 0.6 is 0 Å². The summed E-state index contributed by atoms with van der Waals surface area (Å²) in [4.78, 5) is 85.2. The zero-order chi connectivity index (χ0) is 63.9. The number of benzene rings is 3. The highest BCUT2D eigenvalue weighted by Gasteiger charge is 2.32. The molecule has 1 aliphatic carbocycles. The van der Waals surface area contributed by atoms with Crippen molar-refractivity contribution in [1.29, 1.82) is 0 Å². The van der Waals surface area contributed by atoms with Crippen molar-refractivity contribution >= 4 is 58.8 Å². The smallest absolute Gasteiger partial charge is 0.255 e. The fourth-order valence-electron chi connectivity index (χ4n) is 10.0. The van der Waals surface area contributed by atoms with E-state index in [0.29, 0.717) is 76.7 Å².